The van der Waals surface area contributed by atoms with Crippen LogP contribution in [0.15, 0.2) is 5.38 Å². The molecule has 1 heterocycles. The summed E-state index contributed by atoms with van der Waals surface area (Å²) in [6, 6.07) is 0. The molecule has 1 unspecified atom stereocenters. The third-order valence-electron chi connectivity index (χ3n) is 1.54. The van der Waals surface area contributed by atoms with Crippen molar-refractivity contribution in [3.63, 3.8) is 0 Å². The fourth-order valence-corrected chi connectivity index (χ4v) is 1.80. The largest absolute Gasteiger partial charge is 0.386 e. The van der Waals surface area contributed by atoms with E-state index >= 15 is 0 Å². The fraction of sp³-hybridized carbons (Fsp3) is 0.667. The molecule has 0 aliphatic rings. The predicted molar refractivity (Wildman–Crippen MR) is 51.3 cm³/mol. The van der Waals surface area contributed by atoms with Crippen molar-refractivity contribution in [2.24, 2.45) is 5.92 Å². The van der Waals surface area contributed by atoms with Gasteiger partial charge in [-0.15, -0.1) is 11.3 Å². The highest BCUT2D eigenvalue weighted by Crippen LogP contribution is 2.19. The molecule has 3 heteroatoms. The number of hydrogen-bond donors (Lipinski definition) is 1. The first kappa shape index (κ1) is 9.68. The Labute approximate surface area is 77.3 Å². The first-order valence-corrected chi connectivity index (χ1v) is 5.10. The number of aromatic nitrogens is 1. The van der Waals surface area contributed by atoms with Crippen molar-refractivity contribution < 1.29 is 5.11 Å². The van der Waals surface area contributed by atoms with Gasteiger partial charge in [0.1, 0.15) is 11.1 Å². The van der Waals surface area contributed by atoms with Gasteiger partial charge in [-0.3, -0.25) is 0 Å². The molecule has 2 nitrogen and oxygen atoms in total. The average Bonchev–Trinajstić information content (AvgIpc) is 2.34. The van der Waals surface area contributed by atoms with Gasteiger partial charge in [-0.1, -0.05) is 13.8 Å². The molecular weight excluding hydrogens is 170 g/mol. The number of rotatable bonds is 3. The molecule has 0 saturated carbocycles. The van der Waals surface area contributed by atoms with Gasteiger partial charge in [0, 0.05) is 5.38 Å². The lowest BCUT2D eigenvalue weighted by Gasteiger charge is -1.99. The summed E-state index contributed by atoms with van der Waals surface area (Å²) in [4.78, 5) is 4.32. The maximum absolute atomic E-state index is 9.22. The van der Waals surface area contributed by atoms with E-state index in [1.54, 1.807) is 6.92 Å². The first-order chi connectivity index (χ1) is 5.59. The monoisotopic (exact) mass is 185 g/mol. The molecule has 0 aromatic carbocycles. The zero-order chi connectivity index (χ0) is 9.14. The van der Waals surface area contributed by atoms with Gasteiger partial charge >= 0.3 is 0 Å². The molecule has 1 aromatic heterocycles. The van der Waals surface area contributed by atoms with E-state index in [0.29, 0.717) is 5.92 Å². The van der Waals surface area contributed by atoms with Crippen molar-refractivity contribution in [3.05, 3.63) is 16.1 Å². The lowest BCUT2D eigenvalue weighted by Crippen LogP contribution is -1.95. The number of nitrogens with zero attached hydrogens (tertiary/aromatic N) is 1. The second-order valence-corrected chi connectivity index (χ2v) is 4.34. The Morgan fingerprint density at radius 3 is 2.58 bits per heavy atom. The van der Waals surface area contributed by atoms with Crippen molar-refractivity contribution in [2.75, 3.05) is 0 Å². The second kappa shape index (κ2) is 4.01. The van der Waals surface area contributed by atoms with Crippen LogP contribution in [0.2, 0.25) is 0 Å². The number of thiazole rings is 1. The Balaban J connectivity index is 2.64. The number of hydrogen-bond acceptors (Lipinski definition) is 3. The quantitative estimate of drug-likeness (QED) is 0.784. The minimum Gasteiger partial charge on any atom is -0.386 e. The van der Waals surface area contributed by atoms with Crippen LogP contribution >= 0.6 is 11.3 Å². The van der Waals surface area contributed by atoms with Crippen LogP contribution in [0, 0.1) is 5.92 Å². The van der Waals surface area contributed by atoms with Gasteiger partial charge in [0.15, 0.2) is 0 Å². The van der Waals surface area contributed by atoms with E-state index in [4.69, 9.17) is 0 Å². The van der Waals surface area contributed by atoms with Crippen LogP contribution < -0.4 is 0 Å². The number of aliphatic hydroxyl groups excluding tert-OH is 1. The van der Waals surface area contributed by atoms with Crippen LogP contribution in [-0.4, -0.2) is 10.1 Å². The van der Waals surface area contributed by atoms with E-state index < -0.39 is 6.10 Å². The van der Waals surface area contributed by atoms with E-state index in [2.05, 4.69) is 18.8 Å². The van der Waals surface area contributed by atoms with Crippen LogP contribution in [0.5, 0.6) is 0 Å². The third kappa shape index (κ3) is 2.57. The maximum Gasteiger partial charge on any atom is 0.121 e. The molecule has 0 aliphatic carbocycles. The summed E-state index contributed by atoms with van der Waals surface area (Å²) in [5.41, 5.74) is 1.10. The van der Waals surface area contributed by atoms with Gasteiger partial charge in [0.2, 0.25) is 0 Å². The fourth-order valence-electron chi connectivity index (χ4n) is 1.03. The summed E-state index contributed by atoms with van der Waals surface area (Å²) in [7, 11) is 0. The molecule has 0 fully saturated rings. The molecule has 0 amide bonds. The molecule has 1 atom stereocenters. The van der Waals surface area contributed by atoms with Gasteiger partial charge in [-0.2, -0.15) is 0 Å². The van der Waals surface area contributed by atoms with Gasteiger partial charge < -0.3 is 5.11 Å². The smallest absolute Gasteiger partial charge is 0.121 e. The maximum atomic E-state index is 9.22. The Morgan fingerprint density at radius 2 is 2.17 bits per heavy atom. The zero-order valence-electron chi connectivity index (χ0n) is 7.74. The summed E-state index contributed by atoms with van der Waals surface area (Å²) in [5.74, 6) is 0.633. The highest BCUT2D eigenvalue weighted by atomic mass is 32.1. The Hall–Kier alpha value is -0.410. The van der Waals surface area contributed by atoms with E-state index in [1.165, 1.54) is 11.3 Å². The summed E-state index contributed by atoms with van der Waals surface area (Å²) in [6.45, 7) is 6.08. The predicted octanol–water partition coefficient (Wildman–Crippen LogP) is 2.39. The Morgan fingerprint density at radius 1 is 1.50 bits per heavy atom. The van der Waals surface area contributed by atoms with Crippen LogP contribution in [0.1, 0.15) is 37.6 Å². The lowest BCUT2D eigenvalue weighted by molar-refractivity contribution is 0.198. The van der Waals surface area contributed by atoms with Crippen LogP contribution in [0.25, 0.3) is 0 Å². The van der Waals surface area contributed by atoms with Gasteiger partial charge in [-0.25, -0.2) is 4.98 Å². The van der Waals surface area contributed by atoms with E-state index in [1.807, 2.05) is 5.38 Å². The van der Waals surface area contributed by atoms with Crippen molar-refractivity contribution in [1.82, 2.24) is 4.98 Å². The molecule has 0 spiro atoms. The molecule has 1 aromatic rings. The molecule has 0 saturated heterocycles. The zero-order valence-corrected chi connectivity index (χ0v) is 8.56. The summed E-state index contributed by atoms with van der Waals surface area (Å²) >= 11 is 1.54. The molecule has 1 N–H and O–H groups in total. The molecule has 0 aliphatic heterocycles. The van der Waals surface area contributed by atoms with Crippen LogP contribution in [-0.2, 0) is 6.42 Å². The number of aliphatic hydroxyl groups is 1. The highest BCUT2D eigenvalue weighted by molar-refractivity contribution is 7.09. The molecule has 0 bridgehead atoms. The van der Waals surface area contributed by atoms with Crippen molar-refractivity contribution >= 4 is 11.3 Å². The normalized spacial score (nSPS) is 13.8. The van der Waals surface area contributed by atoms with E-state index in [9.17, 15) is 5.11 Å². The SMILES string of the molecule is CC(C)Cc1csc(C(C)O)n1. The Kier molecular flexibility index (Phi) is 3.23. The molecule has 68 valence electrons. The van der Waals surface area contributed by atoms with Crippen LogP contribution in [0.4, 0.5) is 0 Å². The second-order valence-electron chi connectivity index (χ2n) is 3.45. The van der Waals surface area contributed by atoms with Crippen LogP contribution in [0.3, 0.4) is 0 Å². The van der Waals surface area contributed by atoms with Crippen molar-refractivity contribution in [1.29, 1.82) is 0 Å². The van der Waals surface area contributed by atoms with E-state index in [0.717, 1.165) is 17.1 Å². The first-order valence-electron chi connectivity index (χ1n) is 4.22. The standard InChI is InChI=1S/C9H15NOS/c1-6(2)4-8-5-12-9(10-8)7(3)11/h5-7,11H,4H2,1-3H3. The molecule has 12 heavy (non-hydrogen) atoms. The minimum absolute atomic E-state index is 0.420. The highest BCUT2D eigenvalue weighted by Gasteiger charge is 2.07. The molecule has 0 radical (unpaired) electrons. The summed E-state index contributed by atoms with van der Waals surface area (Å²) < 4.78 is 0. The topological polar surface area (TPSA) is 33.1 Å². The summed E-state index contributed by atoms with van der Waals surface area (Å²) in [5, 5.41) is 12.1. The van der Waals surface area contributed by atoms with E-state index in [-0.39, 0.29) is 0 Å². The molecule has 1 rings (SSSR count). The lowest BCUT2D eigenvalue weighted by atomic mass is 10.1. The van der Waals surface area contributed by atoms with Gasteiger partial charge in [0.05, 0.1) is 5.69 Å². The minimum atomic E-state index is -0.420. The Bertz CT molecular complexity index is 242. The summed E-state index contributed by atoms with van der Waals surface area (Å²) in [6.07, 6.45) is 0.583. The van der Waals surface area contributed by atoms with Crippen molar-refractivity contribution in [3.8, 4) is 0 Å². The molecular formula is C9H15NOS. The third-order valence-corrected chi connectivity index (χ3v) is 2.61. The average molecular weight is 185 g/mol. The van der Waals surface area contributed by atoms with Gasteiger partial charge in [-0.05, 0) is 19.3 Å². The van der Waals surface area contributed by atoms with Crippen molar-refractivity contribution in [2.45, 2.75) is 33.3 Å². The van der Waals surface area contributed by atoms with Gasteiger partial charge in [0.25, 0.3) is 0 Å².